The Balaban J connectivity index is 2.55. The molecule has 0 saturated carbocycles. The number of nitrogens with zero attached hydrogens (tertiary/aromatic N) is 1. The largest absolute Gasteiger partial charge is 0.351 e. The Bertz CT molecular complexity index is 392. The molecule has 0 aliphatic heterocycles. The van der Waals surface area contributed by atoms with E-state index in [2.05, 4.69) is 5.32 Å². The Kier molecular flexibility index (Phi) is 4.66. The summed E-state index contributed by atoms with van der Waals surface area (Å²) in [4.78, 5) is 23.9. The molecule has 0 aromatic heterocycles. The number of nitrogens with two attached hydrogens (primary N) is 1. The average molecular weight is 235 g/mol. The fourth-order valence-corrected chi connectivity index (χ4v) is 1.43. The van der Waals surface area contributed by atoms with Crippen molar-refractivity contribution >= 4 is 11.9 Å². The Morgan fingerprint density at radius 3 is 2.47 bits per heavy atom. The van der Waals surface area contributed by atoms with Gasteiger partial charge in [-0.2, -0.15) is 0 Å². The Labute approximate surface area is 101 Å². The molecule has 0 fully saturated rings. The van der Waals surface area contributed by atoms with Crippen LogP contribution in [0.3, 0.4) is 0 Å². The third kappa shape index (κ3) is 4.24. The molecule has 5 heteroatoms. The molecule has 3 amide bonds. The molecule has 1 rings (SSSR count). The lowest BCUT2D eigenvalue weighted by atomic mass is 10.2. The van der Waals surface area contributed by atoms with Crippen LogP contribution in [-0.2, 0) is 11.3 Å². The van der Waals surface area contributed by atoms with E-state index in [0.717, 1.165) is 5.56 Å². The molecule has 92 valence electrons. The number of nitrogens with one attached hydrogen (secondary N) is 1. The van der Waals surface area contributed by atoms with E-state index in [1.54, 1.807) is 6.92 Å². The maximum Gasteiger partial charge on any atom is 0.318 e. The zero-order chi connectivity index (χ0) is 12.8. The number of primary amides is 1. The van der Waals surface area contributed by atoms with Gasteiger partial charge in [0.1, 0.15) is 0 Å². The summed E-state index contributed by atoms with van der Waals surface area (Å²) in [7, 11) is 1.82. The minimum atomic E-state index is -0.824. The fraction of sp³-hybridized carbons (Fsp3) is 0.333. The van der Waals surface area contributed by atoms with Gasteiger partial charge < -0.3 is 5.73 Å². The second-order valence-corrected chi connectivity index (χ2v) is 3.93. The maximum absolute atomic E-state index is 11.5. The van der Waals surface area contributed by atoms with Crippen LogP contribution in [0.2, 0.25) is 0 Å². The Morgan fingerprint density at radius 1 is 1.35 bits per heavy atom. The highest BCUT2D eigenvalue weighted by atomic mass is 16.2. The molecule has 0 radical (unpaired) electrons. The fourth-order valence-electron chi connectivity index (χ4n) is 1.43. The molecule has 0 bridgehead atoms. The highest BCUT2D eigenvalue weighted by Gasteiger charge is 2.18. The zero-order valence-corrected chi connectivity index (χ0v) is 10.0. The molecule has 1 aromatic rings. The van der Waals surface area contributed by atoms with E-state index in [9.17, 15) is 9.59 Å². The summed E-state index contributed by atoms with van der Waals surface area (Å²) >= 11 is 0. The van der Waals surface area contributed by atoms with E-state index in [4.69, 9.17) is 5.73 Å². The SMILES string of the molecule is C[C@H](C(=O)NC(N)=O)N(C)Cc1ccccc1. The van der Waals surface area contributed by atoms with Crippen LogP contribution >= 0.6 is 0 Å². The summed E-state index contributed by atoms with van der Waals surface area (Å²) < 4.78 is 0. The van der Waals surface area contributed by atoms with Crippen LogP contribution < -0.4 is 11.1 Å². The lowest BCUT2D eigenvalue weighted by Gasteiger charge is -2.23. The van der Waals surface area contributed by atoms with Crippen LogP contribution in [0, 0.1) is 0 Å². The van der Waals surface area contributed by atoms with Gasteiger partial charge in [-0.15, -0.1) is 0 Å². The minimum absolute atomic E-state index is 0.393. The molecule has 0 unspecified atom stereocenters. The number of hydrogen-bond acceptors (Lipinski definition) is 3. The Morgan fingerprint density at radius 2 is 1.94 bits per heavy atom. The normalized spacial score (nSPS) is 12.2. The maximum atomic E-state index is 11.5. The summed E-state index contributed by atoms with van der Waals surface area (Å²) in [5, 5.41) is 2.07. The summed E-state index contributed by atoms with van der Waals surface area (Å²) in [6.45, 7) is 2.36. The van der Waals surface area contributed by atoms with Crippen LogP contribution in [-0.4, -0.2) is 29.9 Å². The van der Waals surface area contributed by atoms with Crippen LogP contribution in [0.1, 0.15) is 12.5 Å². The third-order valence-electron chi connectivity index (χ3n) is 2.56. The number of benzene rings is 1. The van der Waals surface area contributed by atoms with Crippen LogP contribution in [0.15, 0.2) is 30.3 Å². The van der Waals surface area contributed by atoms with Gasteiger partial charge in [0.15, 0.2) is 0 Å². The number of urea groups is 1. The monoisotopic (exact) mass is 235 g/mol. The van der Waals surface area contributed by atoms with Gasteiger partial charge in [-0.25, -0.2) is 4.79 Å². The second-order valence-electron chi connectivity index (χ2n) is 3.93. The number of amides is 3. The van der Waals surface area contributed by atoms with Gasteiger partial charge in [-0.3, -0.25) is 15.0 Å². The molecule has 1 aromatic carbocycles. The molecule has 0 aliphatic rings. The van der Waals surface area contributed by atoms with Crippen LogP contribution in [0.4, 0.5) is 4.79 Å². The van der Waals surface area contributed by atoms with Crippen molar-refractivity contribution in [1.82, 2.24) is 10.2 Å². The summed E-state index contributed by atoms with van der Waals surface area (Å²) in [5.74, 6) is -0.393. The number of likely N-dealkylation sites (N-methyl/N-ethyl adjacent to an activating group) is 1. The second kappa shape index (κ2) is 6.00. The molecular formula is C12H17N3O2. The van der Waals surface area contributed by atoms with E-state index in [1.807, 2.05) is 42.3 Å². The van der Waals surface area contributed by atoms with Crippen molar-refractivity contribution in [1.29, 1.82) is 0 Å². The van der Waals surface area contributed by atoms with Gasteiger partial charge in [0.2, 0.25) is 5.91 Å². The predicted octanol–water partition coefficient (Wildman–Crippen LogP) is 0.702. The highest BCUT2D eigenvalue weighted by Crippen LogP contribution is 2.05. The molecule has 0 heterocycles. The number of rotatable bonds is 4. The summed E-state index contributed by atoms with van der Waals surface area (Å²) in [6, 6.07) is 8.55. The lowest BCUT2D eigenvalue weighted by Crippen LogP contribution is -2.46. The number of imide groups is 1. The van der Waals surface area contributed by atoms with Gasteiger partial charge in [0, 0.05) is 6.54 Å². The first-order valence-electron chi connectivity index (χ1n) is 5.35. The standard InChI is InChI=1S/C12H17N3O2/c1-9(11(16)14-12(13)17)15(2)8-10-6-4-3-5-7-10/h3-7,9H,8H2,1-2H3,(H3,13,14,16,17)/t9-/m1/s1. The van der Waals surface area contributed by atoms with E-state index in [-0.39, 0.29) is 0 Å². The number of carbonyl (C=O) groups excluding carboxylic acids is 2. The van der Waals surface area contributed by atoms with Gasteiger partial charge in [-0.05, 0) is 19.5 Å². The van der Waals surface area contributed by atoms with Crippen molar-refractivity contribution < 1.29 is 9.59 Å². The van der Waals surface area contributed by atoms with Crippen molar-refractivity contribution in [3.05, 3.63) is 35.9 Å². The van der Waals surface area contributed by atoms with Crippen molar-refractivity contribution in [2.45, 2.75) is 19.5 Å². The first-order chi connectivity index (χ1) is 8.00. The summed E-state index contributed by atoms with van der Waals surface area (Å²) in [5.41, 5.74) is 6.00. The molecule has 17 heavy (non-hydrogen) atoms. The molecule has 0 aliphatic carbocycles. The molecule has 1 atom stereocenters. The van der Waals surface area contributed by atoms with Gasteiger partial charge >= 0.3 is 6.03 Å². The molecule has 3 N–H and O–H groups in total. The highest BCUT2D eigenvalue weighted by molar-refractivity contribution is 5.96. The lowest BCUT2D eigenvalue weighted by molar-refractivity contribution is -0.124. The van der Waals surface area contributed by atoms with Crippen molar-refractivity contribution in [2.75, 3.05) is 7.05 Å². The third-order valence-corrected chi connectivity index (χ3v) is 2.56. The van der Waals surface area contributed by atoms with Gasteiger partial charge in [0.25, 0.3) is 0 Å². The van der Waals surface area contributed by atoms with Crippen LogP contribution in [0.25, 0.3) is 0 Å². The van der Waals surface area contributed by atoms with Gasteiger partial charge in [-0.1, -0.05) is 30.3 Å². The van der Waals surface area contributed by atoms with E-state index < -0.39 is 18.0 Å². The number of carbonyl (C=O) groups is 2. The van der Waals surface area contributed by atoms with Crippen LogP contribution in [0.5, 0.6) is 0 Å². The molecule has 5 nitrogen and oxygen atoms in total. The van der Waals surface area contributed by atoms with Crippen molar-refractivity contribution in [3.8, 4) is 0 Å². The Hall–Kier alpha value is -1.88. The van der Waals surface area contributed by atoms with Crippen molar-refractivity contribution in [2.24, 2.45) is 5.73 Å². The minimum Gasteiger partial charge on any atom is -0.351 e. The van der Waals surface area contributed by atoms with E-state index >= 15 is 0 Å². The quantitative estimate of drug-likeness (QED) is 0.806. The first-order valence-corrected chi connectivity index (χ1v) is 5.35. The topological polar surface area (TPSA) is 75.4 Å². The van der Waals surface area contributed by atoms with Crippen molar-refractivity contribution in [3.63, 3.8) is 0 Å². The average Bonchev–Trinajstić information content (AvgIpc) is 2.28. The predicted molar refractivity (Wildman–Crippen MR) is 65.1 cm³/mol. The molecule has 0 spiro atoms. The van der Waals surface area contributed by atoms with Gasteiger partial charge in [0.05, 0.1) is 6.04 Å². The summed E-state index contributed by atoms with van der Waals surface area (Å²) in [6.07, 6.45) is 0. The molecular weight excluding hydrogens is 218 g/mol. The first kappa shape index (κ1) is 13.2. The smallest absolute Gasteiger partial charge is 0.318 e. The number of hydrogen-bond donors (Lipinski definition) is 2. The zero-order valence-electron chi connectivity index (χ0n) is 10.0. The van der Waals surface area contributed by atoms with E-state index in [1.165, 1.54) is 0 Å². The van der Waals surface area contributed by atoms with E-state index in [0.29, 0.717) is 6.54 Å². The molecule has 0 saturated heterocycles.